The van der Waals surface area contributed by atoms with Crippen molar-refractivity contribution in [1.82, 2.24) is 9.88 Å². The van der Waals surface area contributed by atoms with Crippen LogP contribution in [0.5, 0.6) is 0 Å². The normalized spacial score (nSPS) is 17.5. The fourth-order valence-electron chi connectivity index (χ4n) is 3.80. The van der Waals surface area contributed by atoms with E-state index in [9.17, 15) is 19.1 Å². The Morgan fingerprint density at radius 3 is 2.69 bits per heavy atom. The van der Waals surface area contributed by atoms with Gasteiger partial charge in [-0.25, -0.2) is 9.37 Å². The molecule has 2 aromatic rings. The Morgan fingerprint density at radius 1 is 1.34 bits per heavy atom. The number of ether oxygens (including phenoxy) is 1. The number of nitrogens with zero attached hydrogens (tertiary/aromatic N) is 3. The molecule has 1 fully saturated rings. The summed E-state index contributed by atoms with van der Waals surface area (Å²) in [7, 11) is 0. The van der Waals surface area contributed by atoms with Crippen LogP contribution in [0.4, 0.5) is 15.8 Å². The summed E-state index contributed by atoms with van der Waals surface area (Å²) in [6.45, 7) is 6.65. The number of aryl methyl sites for hydroxylation is 1. The molecule has 0 radical (unpaired) electrons. The highest BCUT2D eigenvalue weighted by molar-refractivity contribution is 6.06. The minimum absolute atomic E-state index is 0.152. The molecule has 0 spiro atoms. The van der Waals surface area contributed by atoms with Crippen LogP contribution in [0.3, 0.4) is 0 Å². The Kier molecular flexibility index (Phi) is 5.91. The highest BCUT2D eigenvalue weighted by atomic mass is 19.1. The van der Waals surface area contributed by atoms with E-state index in [1.807, 2.05) is 4.90 Å². The topological polar surface area (TPSA) is 108 Å². The molecule has 1 saturated heterocycles. The van der Waals surface area contributed by atoms with Crippen LogP contribution in [0.2, 0.25) is 0 Å². The van der Waals surface area contributed by atoms with Gasteiger partial charge in [-0.3, -0.25) is 9.59 Å². The number of alkyl halides is 1. The molecule has 172 valence electrons. The van der Waals surface area contributed by atoms with Gasteiger partial charge in [-0.2, -0.15) is 0 Å². The largest absolute Gasteiger partial charge is 0.448 e. The number of rotatable bonds is 6. The Balaban J connectivity index is 1.64. The Labute approximate surface area is 185 Å². The third-order valence-electron chi connectivity index (χ3n) is 5.70. The smallest absolute Gasteiger partial charge is 0.277 e. The number of morpholine rings is 1. The number of amides is 2. The number of carbonyl (C=O) groups is 2. The van der Waals surface area contributed by atoms with Gasteiger partial charge in [0.15, 0.2) is 11.6 Å². The molecule has 2 aliphatic rings. The number of benzene rings is 1. The SMILES string of the molecule is Cc1nc(C(=O)Nc2cc3c(cc2N2CCOCC2)C(=O)N(C[C@@H](F)C(C)(C)O)C3)co1. The molecular formula is C22H27FN4O5. The number of aromatic nitrogens is 1. The summed E-state index contributed by atoms with van der Waals surface area (Å²) in [5, 5.41) is 12.8. The first kappa shape index (κ1) is 22.2. The number of anilines is 2. The lowest BCUT2D eigenvalue weighted by Gasteiger charge is -2.31. The molecule has 2 aliphatic heterocycles. The number of hydrogen-bond donors (Lipinski definition) is 2. The fourth-order valence-corrected chi connectivity index (χ4v) is 3.80. The summed E-state index contributed by atoms with van der Waals surface area (Å²) >= 11 is 0. The van der Waals surface area contributed by atoms with E-state index in [1.54, 1.807) is 19.1 Å². The zero-order chi connectivity index (χ0) is 23.0. The maximum absolute atomic E-state index is 14.4. The zero-order valence-electron chi connectivity index (χ0n) is 18.4. The Bertz CT molecular complexity index is 1030. The number of halogens is 1. The number of hydrogen-bond acceptors (Lipinski definition) is 7. The molecule has 0 bridgehead atoms. The van der Waals surface area contributed by atoms with Crippen molar-refractivity contribution in [3.8, 4) is 0 Å². The lowest BCUT2D eigenvalue weighted by atomic mass is 10.0. The van der Waals surface area contributed by atoms with Crippen molar-refractivity contribution in [3.05, 3.63) is 41.1 Å². The van der Waals surface area contributed by atoms with Gasteiger partial charge in [-0.15, -0.1) is 0 Å². The number of aliphatic hydroxyl groups is 1. The van der Waals surface area contributed by atoms with Crippen LogP contribution < -0.4 is 10.2 Å². The number of fused-ring (bicyclic) bond motifs is 1. The molecule has 2 amide bonds. The first-order valence-electron chi connectivity index (χ1n) is 10.5. The number of nitrogens with one attached hydrogen (secondary N) is 1. The lowest BCUT2D eigenvalue weighted by Crippen LogP contribution is -2.42. The van der Waals surface area contributed by atoms with Crippen LogP contribution in [0.1, 0.15) is 46.1 Å². The summed E-state index contributed by atoms with van der Waals surface area (Å²) in [4.78, 5) is 33.2. The van der Waals surface area contributed by atoms with Crippen molar-refractivity contribution in [2.24, 2.45) is 0 Å². The molecule has 9 nitrogen and oxygen atoms in total. The Morgan fingerprint density at radius 2 is 2.06 bits per heavy atom. The predicted octanol–water partition coefficient (Wildman–Crippen LogP) is 2.14. The lowest BCUT2D eigenvalue weighted by molar-refractivity contribution is -0.0159. The van der Waals surface area contributed by atoms with Crippen molar-refractivity contribution < 1.29 is 28.2 Å². The van der Waals surface area contributed by atoms with Gasteiger partial charge in [0.25, 0.3) is 11.8 Å². The van der Waals surface area contributed by atoms with Crippen LogP contribution in [-0.2, 0) is 11.3 Å². The molecule has 0 saturated carbocycles. The second-order valence-electron chi connectivity index (χ2n) is 8.64. The van der Waals surface area contributed by atoms with E-state index >= 15 is 0 Å². The van der Waals surface area contributed by atoms with Crippen LogP contribution in [0.15, 0.2) is 22.8 Å². The van der Waals surface area contributed by atoms with Gasteiger partial charge < -0.3 is 29.4 Å². The molecule has 1 atom stereocenters. The highest BCUT2D eigenvalue weighted by Crippen LogP contribution is 2.35. The highest BCUT2D eigenvalue weighted by Gasteiger charge is 2.35. The van der Waals surface area contributed by atoms with Gasteiger partial charge >= 0.3 is 0 Å². The second kappa shape index (κ2) is 8.51. The molecule has 10 heteroatoms. The molecule has 0 aliphatic carbocycles. The minimum atomic E-state index is -1.59. The van der Waals surface area contributed by atoms with E-state index in [0.717, 1.165) is 0 Å². The van der Waals surface area contributed by atoms with Crippen molar-refractivity contribution in [1.29, 1.82) is 0 Å². The molecule has 1 aromatic heterocycles. The van der Waals surface area contributed by atoms with E-state index in [2.05, 4.69) is 10.3 Å². The van der Waals surface area contributed by atoms with Gasteiger partial charge in [-0.1, -0.05) is 0 Å². The summed E-state index contributed by atoms with van der Waals surface area (Å²) in [6.07, 6.45) is -0.301. The maximum Gasteiger partial charge on any atom is 0.277 e. The van der Waals surface area contributed by atoms with E-state index < -0.39 is 17.7 Å². The van der Waals surface area contributed by atoms with E-state index in [-0.39, 0.29) is 24.7 Å². The minimum Gasteiger partial charge on any atom is -0.448 e. The first-order valence-corrected chi connectivity index (χ1v) is 10.5. The maximum atomic E-state index is 14.4. The van der Waals surface area contributed by atoms with Crippen LogP contribution in [-0.4, -0.2) is 71.4 Å². The zero-order valence-corrected chi connectivity index (χ0v) is 18.4. The van der Waals surface area contributed by atoms with Gasteiger partial charge in [0.1, 0.15) is 12.4 Å². The number of oxazole rings is 1. The average Bonchev–Trinajstić information content (AvgIpc) is 3.31. The average molecular weight is 446 g/mol. The van der Waals surface area contributed by atoms with Crippen molar-refractivity contribution >= 4 is 23.2 Å². The van der Waals surface area contributed by atoms with Crippen molar-refractivity contribution in [3.63, 3.8) is 0 Å². The molecule has 2 N–H and O–H groups in total. The third-order valence-corrected chi connectivity index (χ3v) is 5.70. The molecule has 32 heavy (non-hydrogen) atoms. The molecule has 4 rings (SSSR count). The van der Waals surface area contributed by atoms with Crippen molar-refractivity contribution in [2.45, 2.75) is 39.1 Å². The number of carbonyl (C=O) groups excluding carboxylic acids is 2. The van der Waals surface area contributed by atoms with E-state index in [0.29, 0.717) is 54.7 Å². The summed E-state index contributed by atoms with van der Waals surface area (Å²) in [5.41, 5.74) is 0.966. The van der Waals surface area contributed by atoms with Crippen LogP contribution >= 0.6 is 0 Å². The first-order chi connectivity index (χ1) is 15.1. The summed E-state index contributed by atoms with van der Waals surface area (Å²) in [6, 6.07) is 3.49. The monoisotopic (exact) mass is 446 g/mol. The predicted molar refractivity (Wildman–Crippen MR) is 115 cm³/mol. The van der Waals surface area contributed by atoms with E-state index in [4.69, 9.17) is 9.15 Å². The van der Waals surface area contributed by atoms with Gasteiger partial charge in [0.2, 0.25) is 0 Å². The molecule has 0 unspecified atom stereocenters. The van der Waals surface area contributed by atoms with Gasteiger partial charge in [0.05, 0.1) is 36.7 Å². The standard InChI is InChI=1S/C22H27FN4O5/c1-13-24-17(12-32-13)20(28)25-16-8-14-10-27(11-19(23)22(2,3)30)21(29)15(14)9-18(16)26-4-6-31-7-5-26/h8-9,12,19,30H,4-7,10-11H2,1-3H3,(H,25,28)/t19-/m1/s1. The van der Waals surface area contributed by atoms with Gasteiger partial charge in [0, 0.05) is 32.1 Å². The molecular weight excluding hydrogens is 419 g/mol. The van der Waals surface area contributed by atoms with Gasteiger partial charge in [-0.05, 0) is 31.5 Å². The van der Waals surface area contributed by atoms with Crippen molar-refractivity contribution in [2.75, 3.05) is 43.1 Å². The van der Waals surface area contributed by atoms with E-state index in [1.165, 1.54) is 25.0 Å². The summed E-state index contributed by atoms with van der Waals surface area (Å²) in [5.74, 6) is -0.346. The fraction of sp³-hybridized carbons (Fsp3) is 0.500. The quantitative estimate of drug-likeness (QED) is 0.700. The molecule has 3 heterocycles. The Hall–Kier alpha value is -2.98. The van der Waals surface area contributed by atoms with Crippen LogP contribution in [0.25, 0.3) is 0 Å². The molecule has 1 aromatic carbocycles. The van der Waals surface area contributed by atoms with Crippen LogP contribution in [0, 0.1) is 6.92 Å². The summed E-state index contributed by atoms with van der Waals surface area (Å²) < 4.78 is 25.0. The third kappa shape index (κ3) is 4.46. The second-order valence-corrected chi connectivity index (χ2v) is 8.64.